The molecule has 2 amide bonds. The van der Waals surface area contributed by atoms with E-state index in [-0.39, 0.29) is 21.5 Å². The second-order valence-electron chi connectivity index (χ2n) is 8.16. The van der Waals surface area contributed by atoms with E-state index in [0.29, 0.717) is 5.56 Å². The number of aromatic amines is 1. The van der Waals surface area contributed by atoms with Crippen molar-refractivity contribution < 1.29 is 18.0 Å². The van der Waals surface area contributed by atoms with Crippen molar-refractivity contribution in [3.05, 3.63) is 74.9 Å². The van der Waals surface area contributed by atoms with Crippen LogP contribution in [0.1, 0.15) is 18.5 Å². The fraction of sp³-hybridized carbons (Fsp3) is 0.158. The summed E-state index contributed by atoms with van der Waals surface area (Å²) in [5, 5.41) is 1.99. The number of benzene rings is 2. The minimum Gasteiger partial charge on any atom is -0.335 e. The molecule has 0 spiro atoms. The molecule has 158 valence electrons. The molecular formula is C19H18B3ClF3N3O2. The molecule has 2 aromatic carbocycles. The molecule has 12 heteroatoms. The first-order chi connectivity index (χ1) is 14.4. The average molecular weight is 445 g/mol. The molecule has 1 heterocycles. The van der Waals surface area contributed by atoms with Crippen molar-refractivity contribution in [3.63, 3.8) is 0 Å². The summed E-state index contributed by atoms with van der Waals surface area (Å²) in [6, 6.07) is 4.40. The largest absolute Gasteiger partial charge is 0.335 e. The lowest BCUT2D eigenvalue weighted by molar-refractivity contribution is 0.192. The van der Waals surface area contributed by atoms with Gasteiger partial charge >= 0.3 is 6.03 Å². The maximum atomic E-state index is 14.0. The Hall–Kier alpha value is -2.81. The van der Waals surface area contributed by atoms with Crippen LogP contribution in [0.2, 0.25) is 5.02 Å². The van der Waals surface area contributed by atoms with Crippen LogP contribution in [0.3, 0.4) is 0 Å². The highest BCUT2D eigenvalue weighted by molar-refractivity contribution is 6.59. The van der Waals surface area contributed by atoms with Gasteiger partial charge < -0.3 is 15.2 Å². The van der Waals surface area contributed by atoms with Crippen LogP contribution in [0.4, 0.5) is 23.7 Å². The van der Waals surface area contributed by atoms with Crippen molar-refractivity contribution in [3.8, 4) is 0 Å². The minimum atomic E-state index is -1.14. The number of nitrogens with one attached hydrogen (secondary N) is 2. The number of aromatic nitrogens is 1. The average Bonchev–Trinajstić information content (AvgIpc) is 2.65. The molecule has 31 heavy (non-hydrogen) atoms. The van der Waals surface area contributed by atoms with E-state index in [4.69, 9.17) is 11.6 Å². The van der Waals surface area contributed by atoms with E-state index in [1.165, 1.54) is 23.2 Å². The van der Waals surface area contributed by atoms with Gasteiger partial charge in [0.1, 0.15) is 29.4 Å². The number of amides is 2. The number of hydrogen-bond donors (Lipinski definition) is 2. The third-order valence-corrected chi connectivity index (χ3v) is 5.21. The number of anilines is 1. The molecule has 2 N–H and O–H groups in total. The lowest BCUT2D eigenvalue weighted by atomic mass is 9.48. The third-order valence-electron chi connectivity index (χ3n) is 4.92. The molecule has 0 aliphatic heterocycles. The van der Waals surface area contributed by atoms with E-state index in [9.17, 15) is 22.8 Å². The van der Waals surface area contributed by atoms with Gasteiger partial charge in [0.2, 0.25) is 0 Å². The number of urea groups is 1. The zero-order chi connectivity index (χ0) is 23.1. The van der Waals surface area contributed by atoms with Gasteiger partial charge in [-0.25, -0.2) is 18.0 Å². The van der Waals surface area contributed by atoms with E-state index < -0.39 is 40.3 Å². The van der Waals surface area contributed by atoms with E-state index in [1.54, 1.807) is 30.5 Å². The first kappa shape index (κ1) is 22.9. The van der Waals surface area contributed by atoms with Crippen LogP contribution < -0.4 is 10.9 Å². The molecule has 0 saturated heterocycles. The summed E-state index contributed by atoms with van der Waals surface area (Å²) >= 11 is 5.79. The molecule has 0 saturated carbocycles. The summed E-state index contributed by atoms with van der Waals surface area (Å²) in [5.41, 5.74) is 0.144. The molecule has 5 nitrogen and oxygen atoms in total. The Kier molecular flexibility index (Phi) is 6.18. The van der Waals surface area contributed by atoms with Gasteiger partial charge in [0.05, 0.1) is 16.5 Å². The quantitative estimate of drug-likeness (QED) is 0.601. The molecule has 1 aromatic heterocycles. The van der Waals surface area contributed by atoms with Crippen LogP contribution in [-0.2, 0) is 0 Å². The van der Waals surface area contributed by atoms with Crippen LogP contribution in [-0.4, -0.2) is 44.7 Å². The van der Waals surface area contributed by atoms with Gasteiger partial charge in [-0.3, -0.25) is 4.79 Å². The van der Waals surface area contributed by atoms with Gasteiger partial charge in [0.25, 0.3) is 5.56 Å². The van der Waals surface area contributed by atoms with Crippen LogP contribution in [0.5, 0.6) is 0 Å². The first-order valence-corrected chi connectivity index (χ1v) is 9.83. The Morgan fingerprint density at radius 3 is 2.29 bits per heavy atom. The number of H-pyrrole nitrogens is 1. The summed E-state index contributed by atoms with van der Waals surface area (Å²) in [4.78, 5) is 29.3. The number of halogens is 4. The summed E-state index contributed by atoms with van der Waals surface area (Å²) in [7, 11) is 5.40. The predicted molar refractivity (Wildman–Crippen MR) is 124 cm³/mol. The van der Waals surface area contributed by atoms with Crippen LogP contribution in [0.25, 0.3) is 10.8 Å². The summed E-state index contributed by atoms with van der Waals surface area (Å²) < 4.78 is 41.1. The molecule has 1 atom stereocenters. The van der Waals surface area contributed by atoms with Crippen molar-refractivity contribution in [2.75, 3.05) is 5.32 Å². The number of rotatable bonds is 4. The standard InChI is InChI=1S/C19H18B3ClF3N3O2/c1-8(12-7-27-17(30)11-6-16(26)15(25)5-10(11)12)29(19(20,21)22)18(31)28-9-2-3-14(24)13(23)4-9/h2-8H,20-22H2,1H3,(H,27,30)(H,28,31). The summed E-state index contributed by atoms with van der Waals surface area (Å²) in [6.45, 7) is 1.71. The Morgan fingerprint density at radius 1 is 1.10 bits per heavy atom. The number of carbonyl (C=O) groups is 1. The Bertz CT molecular complexity index is 1230. The van der Waals surface area contributed by atoms with E-state index in [1.807, 2.05) is 0 Å². The van der Waals surface area contributed by atoms with Crippen LogP contribution >= 0.6 is 11.6 Å². The molecule has 0 aliphatic rings. The van der Waals surface area contributed by atoms with Crippen molar-refractivity contribution >= 4 is 57.6 Å². The van der Waals surface area contributed by atoms with Gasteiger partial charge in [0.15, 0.2) is 11.6 Å². The Labute approximate surface area is 184 Å². The highest BCUT2D eigenvalue weighted by Crippen LogP contribution is 2.31. The second kappa shape index (κ2) is 8.38. The smallest absolute Gasteiger partial charge is 0.320 e. The lowest BCUT2D eigenvalue weighted by Gasteiger charge is -2.41. The highest BCUT2D eigenvalue weighted by Gasteiger charge is 2.33. The normalized spacial score (nSPS) is 12.5. The second-order valence-corrected chi connectivity index (χ2v) is 8.57. The molecule has 0 bridgehead atoms. The predicted octanol–water partition coefficient (Wildman–Crippen LogP) is 1.70. The minimum absolute atomic E-state index is 0.0252. The molecule has 0 radical (unpaired) electrons. The topological polar surface area (TPSA) is 65.2 Å². The fourth-order valence-corrected chi connectivity index (χ4v) is 3.76. The number of nitrogens with zero attached hydrogens (tertiary/aromatic N) is 1. The molecule has 0 aliphatic carbocycles. The van der Waals surface area contributed by atoms with Crippen LogP contribution in [0, 0.1) is 17.5 Å². The molecule has 3 aromatic rings. The highest BCUT2D eigenvalue weighted by atomic mass is 35.5. The van der Waals surface area contributed by atoms with E-state index in [2.05, 4.69) is 10.3 Å². The number of pyridine rings is 1. The van der Waals surface area contributed by atoms with E-state index >= 15 is 0 Å². The fourth-order valence-electron chi connectivity index (χ4n) is 3.58. The van der Waals surface area contributed by atoms with Crippen molar-refractivity contribution in [1.29, 1.82) is 0 Å². The van der Waals surface area contributed by atoms with Crippen LogP contribution in [0.15, 0.2) is 41.3 Å². The van der Waals surface area contributed by atoms with Crippen molar-refractivity contribution in [1.82, 2.24) is 9.88 Å². The molecular weight excluding hydrogens is 427 g/mol. The molecule has 1 unspecified atom stereocenters. The SMILES string of the molecule is BC(B)(B)N(C(=O)Nc1ccc(F)c(Cl)c1)C(C)c1c[nH]c(=O)c2cc(F)c(F)cc12. The Balaban J connectivity index is 2.06. The zero-order valence-electron chi connectivity index (χ0n) is 17.3. The lowest BCUT2D eigenvalue weighted by Crippen LogP contribution is -2.56. The molecule has 0 fully saturated rings. The number of fused-ring (bicyclic) bond motifs is 1. The summed E-state index contributed by atoms with van der Waals surface area (Å²) in [5.74, 6) is -2.85. The van der Waals surface area contributed by atoms with E-state index in [0.717, 1.165) is 18.2 Å². The number of hydrogen-bond acceptors (Lipinski definition) is 2. The molecule has 3 rings (SSSR count). The Morgan fingerprint density at radius 2 is 1.71 bits per heavy atom. The van der Waals surface area contributed by atoms with Gasteiger partial charge in [-0.1, -0.05) is 11.6 Å². The van der Waals surface area contributed by atoms with Gasteiger partial charge in [-0.15, -0.1) is 0 Å². The van der Waals surface area contributed by atoms with Gasteiger partial charge in [-0.05, 0) is 53.4 Å². The van der Waals surface area contributed by atoms with Crippen molar-refractivity contribution in [2.45, 2.75) is 18.2 Å². The van der Waals surface area contributed by atoms with Gasteiger partial charge in [0, 0.05) is 11.9 Å². The number of carbonyl (C=O) groups excluding carboxylic acids is 1. The zero-order valence-corrected chi connectivity index (χ0v) is 18.1. The monoisotopic (exact) mass is 445 g/mol. The van der Waals surface area contributed by atoms with Crippen molar-refractivity contribution in [2.24, 2.45) is 0 Å². The van der Waals surface area contributed by atoms with Gasteiger partial charge in [-0.2, -0.15) is 0 Å². The summed E-state index contributed by atoms with van der Waals surface area (Å²) in [6.07, 6.45) is 1.38. The third kappa shape index (κ3) is 4.61. The maximum Gasteiger partial charge on any atom is 0.320 e. The maximum absolute atomic E-state index is 14.0. The first-order valence-electron chi connectivity index (χ1n) is 9.46.